The van der Waals surface area contributed by atoms with Crippen molar-refractivity contribution in [1.82, 2.24) is 0 Å². The Morgan fingerprint density at radius 1 is 1.05 bits per heavy atom. The molecule has 0 aliphatic heterocycles. The predicted octanol–water partition coefficient (Wildman–Crippen LogP) is 2.29. The number of hydrogen-bond donors (Lipinski definition) is 2. The second kappa shape index (κ2) is 5.42. The van der Waals surface area contributed by atoms with Gasteiger partial charge in [0.25, 0.3) is 10.0 Å². The van der Waals surface area contributed by atoms with Gasteiger partial charge in [-0.15, -0.1) is 0 Å². The molecule has 0 fully saturated rings. The molecule has 0 amide bonds. The molecule has 2 aromatic rings. The fourth-order valence-corrected chi connectivity index (χ4v) is 2.78. The lowest BCUT2D eigenvalue weighted by Gasteiger charge is -2.11. The third kappa shape index (κ3) is 3.13. The summed E-state index contributed by atoms with van der Waals surface area (Å²) < 4.78 is 26.9. The first-order valence-electron chi connectivity index (χ1n) is 5.81. The second-order valence-electron chi connectivity index (χ2n) is 4.23. The number of aryl methyl sites for hydroxylation is 1. The van der Waals surface area contributed by atoms with Gasteiger partial charge in [0.05, 0.1) is 17.2 Å². The van der Waals surface area contributed by atoms with Gasteiger partial charge in [-0.25, -0.2) is 8.42 Å². The Hall–Kier alpha value is -1.85. The van der Waals surface area contributed by atoms with E-state index in [9.17, 15) is 13.5 Å². The Bertz CT molecular complexity index is 663. The predicted molar refractivity (Wildman–Crippen MR) is 74.4 cm³/mol. The van der Waals surface area contributed by atoms with Crippen molar-refractivity contribution in [3.8, 4) is 0 Å². The van der Waals surface area contributed by atoms with Crippen molar-refractivity contribution < 1.29 is 13.5 Å². The highest BCUT2D eigenvalue weighted by molar-refractivity contribution is 7.92. The van der Waals surface area contributed by atoms with E-state index in [-0.39, 0.29) is 11.5 Å². The molecule has 2 rings (SSSR count). The van der Waals surface area contributed by atoms with Gasteiger partial charge < -0.3 is 5.11 Å². The van der Waals surface area contributed by atoms with E-state index in [2.05, 4.69) is 4.72 Å². The molecule has 4 nitrogen and oxygen atoms in total. The van der Waals surface area contributed by atoms with Gasteiger partial charge in [-0.1, -0.05) is 35.9 Å². The van der Waals surface area contributed by atoms with E-state index < -0.39 is 10.0 Å². The minimum absolute atomic E-state index is 0.200. The Morgan fingerprint density at radius 3 is 2.32 bits per heavy atom. The van der Waals surface area contributed by atoms with E-state index in [1.165, 1.54) is 0 Å². The first-order valence-corrected chi connectivity index (χ1v) is 7.29. The lowest BCUT2D eigenvalue weighted by atomic mass is 10.2. The molecule has 0 aliphatic rings. The quantitative estimate of drug-likeness (QED) is 0.901. The monoisotopic (exact) mass is 277 g/mol. The van der Waals surface area contributed by atoms with Crippen LogP contribution in [0.1, 0.15) is 11.1 Å². The van der Waals surface area contributed by atoms with Crippen LogP contribution in [0, 0.1) is 6.92 Å². The number of anilines is 1. The number of hydrogen-bond acceptors (Lipinski definition) is 3. The normalized spacial score (nSPS) is 11.3. The highest BCUT2D eigenvalue weighted by atomic mass is 32.2. The summed E-state index contributed by atoms with van der Waals surface area (Å²) in [6.07, 6.45) is 0. The molecule has 0 aromatic heterocycles. The van der Waals surface area contributed by atoms with Crippen LogP contribution in [0.25, 0.3) is 0 Å². The average Bonchev–Trinajstić information content (AvgIpc) is 2.39. The summed E-state index contributed by atoms with van der Waals surface area (Å²) in [6, 6.07) is 13.4. The molecule has 5 heteroatoms. The van der Waals surface area contributed by atoms with Crippen LogP contribution in [0.4, 0.5) is 5.69 Å². The number of nitrogens with one attached hydrogen (secondary N) is 1. The summed E-state index contributed by atoms with van der Waals surface area (Å²) in [5.41, 5.74) is 1.93. The minimum Gasteiger partial charge on any atom is -0.392 e. The van der Waals surface area contributed by atoms with Crippen LogP contribution in [-0.4, -0.2) is 13.5 Å². The van der Waals surface area contributed by atoms with Crippen LogP contribution in [0.5, 0.6) is 0 Å². The van der Waals surface area contributed by atoms with Gasteiger partial charge in [0.1, 0.15) is 0 Å². The first-order chi connectivity index (χ1) is 9.03. The van der Waals surface area contributed by atoms with Crippen molar-refractivity contribution in [3.05, 3.63) is 59.7 Å². The number of benzene rings is 2. The summed E-state index contributed by atoms with van der Waals surface area (Å²) in [7, 11) is -3.62. The van der Waals surface area contributed by atoms with Gasteiger partial charge in [0, 0.05) is 5.56 Å². The van der Waals surface area contributed by atoms with Crippen LogP contribution < -0.4 is 4.72 Å². The van der Waals surface area contributed by atoms with E-state index in [4.69, 9.17) is 0 Å². The average molecular weight is 277 g/mol. The van der Waals surface area contributed by atoms with Crippen molar-refractivity contribution in [2.75, 3.05) is 4.72 Å². The van der Waals surface area contributed by atoms with Crippen LogP contribution in [-0.2, 0) is 16.6 Å². The van der Waals surface area contributed by atoms with Crippen molar-refractivity contribution in [2.24, 2.45) is 0 Å². The highest BCUT2D eigenvalue weighted by Gasteiger charge is 2.15. The molecule has 0 radical (unpaired) electrons. The van der Waals surface area contributed by atoms with Crippen molar-refractivity contribution in [3.63, 3.8) is 0 Å². The fraction of sp³-hybridized carbons (Fsp3) is 0.143. The largest absolute Gasteiger partial charge is 0.392 e. The number of para-hydroxylation sites is 1. The maximum Gasteiger partial charge on any atom is 0.261 e. The maximum atomic E-state index is 12.2. The minimum atomic E-state index is -3.62. The Kier molecular flexibility index (Phi) is 3.87. The summed E-state index contributed by atoms with van der Waals surface area (Å²) in [5.74, 6) is 0. The summed E-state index contributed by atoms with van der Waals surface area (Å²) in [4.78, 5) is 0.200. The van der Waals surface area contributed by atoms with E-state index in [1.54, 1.807) is 48.5 Å². The summed E-state index contributed by atoms with van der Waals surface area (Å²) >= 11 is 0. The number of aliphatic hydroxyl groups excluding tert-OH is 1. The van der Waals surface area contributed by atoms with Gasteiger partial charge in [-0.3, -0.25) is 4.72 Å². The molecule has 100 valence electrons. The molecule has 0 atom stereocenters. The molecular weight excluding hydrogens is 262 g/mol. The molecule has 0 unspecified atom stereocenters. The molecule has 0 aliphatic carbocycles. The molecule has 0 bridgehead atoms. The lowest BCUT2D eigenvalue weighted by molar-refractivity contribution is 0.282. The van der Waals surface area contributed by atoms with E-state index in [0.29, 0.717) is 11.3 Å². The zero-order valence-electron chi connectivity index (χ0n) is 10.5. The second-order valence-corrected chi connectivity index (χ2v) is 5.92. The number of aliphatic hydroxyl groups is 1. The zero-order chi connectivity index (χ0) is 13.9. The van der Waals surface area contributed by atoms with Gasteiger partial charge in [0.15, 0.2) is 0 Å². The van der Waals surface area contributed by atoms with Crippen molar-refractivity contribution >= 4 is 15.7 Å². The van der Waals surface area contributed by atoms with Gasteiger partial charge in [-0.05, 0) is 25.1 Å². The van der Waals surface area contributed by atoms with Crippen LogP contribution >= 0.6 is 0 Å². The van der Waals surface area contributed by atoms with Crippen LogP contribution in [0.15, 0.2) is 53.4 Å². The van der Waals surface area contributed by atoms with Crippen molar-refractivity contribution in [2.45, 2.75) is 18.4 Å². The Balaban J connectivity index is 2.34. The smallest absolute Gasteiger partial charge is 0.261 e. The van der Waals surface area contributed by atoms with E-state index in [0.717, 1.165) is 5.56 Å². The molecule has 19 heavy (non-hydrogen) atoms. The topological polar surface area (TPSA) is 66.4 Å². The summed E-state index contributed by atoms with van der Waals surface area (Å²) in [6.45, 7) is 1.68. The molecular formula is C14H15NO3S. The standard InChI is InChI=1S/C14H15NO3S/c1-11-6-8-13(9-7-11)19(17,18)15-14-5-3-2-4-12(14)10-16/h2-9,15-16H,10H2,1H3. The lowest BCUT2D eigenvalue weighted by Crippen LogP contribution is -2.14. The molecule has 0 saturated heterocycles. The molecule has 2 aromatic carbocycles. The zero-order valence-corrected chi connectivity index (χ0v) is 11.3. The summed E-state index contributed by atoms with van der Waals surface area (Å²) in [5, 5.41) is 9.19. The van der Waals surface area contributed by atoms with Crippen LogP contribution in [0.2, 0.25) is 0 Å². The number of sulfonamides is 1. The highest BCUT2D eigenvalue weighted by Crippen LogP contribution is 2.20. The van der Waals surface area contributed by atoms with Gasteiger partial charge in [0.2, 0.25) is 0 Å². The third-order valence-corrected chi connectivity index (χ3v) is 4.14. The van der Waals surface area contributed by atoms with Gasteiger partial charge >= 0.3 is 0 Å². The maximum absolute atomic E-state index is 12.2. The SMILES string of the molecule is Cc1ccc(S(=O)(=O)Nc2ccccc2CO)cc1. The molecule has 0 heterocycles. The molecule has 0 saturated carbocycles. The molecule has 2 N–H and O–H groups in total. The third-order valence-electron chi connectivity index (χ3n) is 2.76. The van der Waals surface area contributed by atoms with Gasteiger partial charge in [-0.2, -0.15) is 0 Å². The Labute approximate surface area is 112 Å². The first kappa shape index (κ1) is 13.6. The van der Waals surface area contributed by atoms with E-state index in [1.807, 2.05) is 6.92 Å². The Morgan fingerprint density at radius 2 is 1.68 bits per heavy atom. The fourth-order valence-electron chi connectivity index (χ4n) is 1.68. The van der Waals surface area contributed by atoms with E-state index >= 15 is 0 Å². The number of rotatable bonds is 4. The molecule has 0 spiro atoms. The van der Waals surface area contributed by atoms with Crippen LogP contribution in [0.3, 0.4) is 0 Å². The van der Waals surface area contributed by atoms with Crippen molar-refractivity contribution in [1.29, 1.82) is 0 Å².